The quantitative estimate of drug-likeness (QED) is 0.772. The van der Waals surface area contributed by atoms with Crippen molar-refractivity contribution in [2.45, 2.75) is 57.2 Å². The minimum absolute atomic E-state index is 0.374. The third kappa shape index (κ3) is 3.99. The van der Waals surface area contributed by atoms with E-state index < -0.39 is 0 Å². The smallest absolute Gasteiger partial charge is 0.127 e. The second-order valence-electron chi connectivity index (χ2n) is 6.03. The molecule has 0 amide bonds. The molecule has 2 nitrogen and oxygen atoms in total. The molecule has 3 atom stereocenters. The molecular weight excluding hydrogens is 248 g/mol. The fraction of sp³-hybridized carbons (Fsp3) is 0.611. The Morgan fingerprint density at radius 2 is 2.15 bits per heavy atom. The van der Waals surface area contributed by atoms with Crippen LogP contribution in [0.4, 0.5) is 0 Å². The maximum absolute atomic E-state index is 5.98. The summed E-state index contributed by atoms with van der Waals surface area (Å²) in [5, 5.41) is 0. The molecule has 1 aromatic rings. The summed E-state index contributed by atoms with van der Waals surface area (Å²) in [7, 11) is 0. The molecule has 0 aliphatic heterocycles. The molecule has 2 heteroatoms. The van der Waals surface area contributed by atoms with Gasteiger partial charge in [0, 0.05) is 12.7 Å². The van der Waals surface area contributed by atoms with E-state index in [0.29, 0.717) is 12.2 Å². The van der Waals surface area contributed by atoms with Crippen molar-refractivity contribution < 1.29 is 9.47 Å². The van der Waals surface area contributed by atoms with E-state index in [2.05, 4.69) is 12.5 Å². The van der Waals surface area contributed by atoms with Gasteiger partial charge in [-0.05, 0) is 63.4 Å². The Kier molecular flexibility index (Phi) is 4.96. The van der Waals surface area contributed by atoms with E-state index >= 15 is 0 Å². The standard InChI is InChI=1S/C18H24O2/c1-2-8-17(9-3-1)20-18-11-10-15(14-18)12-13-19-16-6-4-5-7-16/h1-4,8,15-16,18H,5-7,10-14H2. The van der Waals surface area contributed by atoms with Crippen molar-refractivity contribution in [3.05, 3.63) is 36.8 Å². The molecule has 108 valence electrons. The van der Waals surface area contributed by atoms with Gasteiger partial charge in [0.05, 0.1) is 12.2 Å². The van der Waals surface area contributed by atoms with Gasteiger partial charge in [-0.1, -0.05) is 18.2 Å². The molecule has 0 heterocycles. The van der Waals surface area contributed by atoms with E-state index in [-0.39, 0.29) is 0 Å². The summed E-state index contributed by atoms with van der Waals surface area (Å²) >= 11 is 0. The Balaban J connectivity index is 1.34. The lowest BCUT2D eigenvalue weighted by Crippen LogP contribution is -2.14. The van der Waals surface area contributed by atoms with E-state index in [4.69, 9.17) is 9.47 Å². The second-order valence-corrected chi connectivity index (χ2v) is 6.03. The van der Waals surface area contributed by atoms with Crippen LogP contribution in [0.15, 0.2) is 24.3 Å². The van der Waals surface area contributed by atoms with Gasteiger partial charge in [-0.15, -0.1) is 0 Å². The maximum atomic E-state index is 5.98. The number of benzene rings is 1. The first-order valence-corrected chi connectivity index (χ1v) is 7.97. The monoisotopic (exact) mass is 272 g/mol. The van der Waals surface area contributed by atoms with Gasteiger partial charge in [0.15, 0.2) is 0 Å². The summed E-state index contributed by atoms with van der Waals surface area (Å²) in [5.74, 6) is 1.66. The van der Waals surface area contributed by atoms with Crippen LogP contribution >= 0.6 is 0 Å². The Morgan fingerprint density at radius 3 is 2.95 bits per heavy atom. The molecule has 2 fully saturated rings. The number of hydrogen-bond donors (Lipinski definition) is 0. The summed E-state index contributed by atoms with van der Waals surface area (Å²) in [6.45, 7) is 0.924. The molecule has 0 spiro atoms. The molecule has 2 radical (unpaired) electrons. The molecule has 2 aliphatic carbocycles. The molecule has 1 aromatic carbocycles. The first kappa shape index (κ1) is 13.9. The van der Waals surface area contributed by atoms with Gasteiger partial charge >= 0.3 is 0 Å². The third-order valence-electron chi connectivity index (χ3n) is 4.47. The summed E-state index contributed by atoms with van der Waals surface area (Å²) in [4.78, 5) is 0. The van der Waals surface area contributed by atoms with Crippen molar-refractivity contribution in [3.8, 4) is 5.75 Å². The predicted octanol–water partition coefficient (Wildman–Crippen LogP) is 4.20. The van der Waals surface area contributed by atoms with Crippen molar-refractivity contribution >= 4 is 0 Å². The fourth-order valence-electron chi connectivity index (χ4n) is 3.31. The lowest BCUT2D eigenvalue weighted by atomic mass is 10.0. The van der Waals surface area contributed by atoms with Crippen molar-refractivity contribution in [3.63, 3.8) is 0 Å². The predicted molar refractivity (Wildman–Crippen MR) is 79.5 cm³/mol. The van der Waals surface area contributed by atoms with Crippen LogP contribution in [0.2, 0.25) is 0 Å². The van der Waals surface area contributed by atoms with Crippen molar-refractivity contribution in [2.24, 2.45) is 5.92 Å². The van der Waals surface area contributed by atoms with E-state index in [0.717, 1.165) is 24.7 Å². The number of ether oxygens (including phenoxy) is 2. The van der Waals surface area contributed by atoms with Crippen LogP contribution in [0.5, 0.6) is 5.75 Å². The Bertz CT molecular complexity index is 384. The Hall–Kier alpha value is -1.02. The molecule has 0 saturated heterocycles. The lowest BCUT2D eigenvalue weighted by molar-refractivity contribution is 0.0504. The van der Waals surface area contributed by atoms with Gasteiger partial charge in [-0.2, -0.15) is 0 Å². The maximum Gasteiger partial charge on any atom is 0.127 e. The van der Waals surface area contributed by atoms with E-state index in [1.807, 2.05) is 24.3 Å². The highest BCUT2D eigenvalue weighted by Gasteiger charge is 2.26. The highest BCUT2D eigenvalue weighted by atomic mass is 16.5. The normalized spacial score (nSPS) is 27.0. The van der Waals surface area contributed by atoms with Crippen molar-refractivity contribution in [1.29, 1.82) is 0 Å². The zero-order valence-corrected chi connectivity index (χ0v) is 12.1. The molecule has 3 unspecified atom stereocenters. The van der Waals surface area contributed by atoms with Crippen molar-refractivity contribution in [1.82, 2.24) is 0 Å². The van der Waals surface area contributed by atoms with Crippen LogP contribution < -0.4 is 4.74 Å². The second kappa shape index (κ2) is 7.12. The summed E-state index contributed by atoms with van der Waals surface area (Å²) in [5.41, 5.74) is 0. The van der Waals surface area contributed by atoms with Crippen LogP contribution in [0.25, 0.3) is 0 Å². The van der Waals surface area contributed by atoms with Crippen LogP contribution in [0.1, 0.15) is 44.9 Å². The average Bonchev–Trinajstić information content (AvgIpc) is 3.12. The third-order valence-corrected chi connectivity index (χ3v) is 4.47. The van der Waals surface area contributed by atoms with Gasteiger partial charge in [-0.3, -0.25) is 0 Å². The zero-order valence-electron chi connectivity index (χ0n) is 12.1. The van der Waals surface area contributed by atoms with E-state index in [9.17, 15) is 0 Å². The number of hydrogen-bond acceptors (Lipinski definition) is 2. The molecule has 2 saturated carbocycles. The Labute approximate surface area is 122 Å². The molecule has 3 rings (SSSR count). The van der Waals surface area contributed by atoms with E-state index in [1.54, 1.807) is 0 Å². The number of para-hydroxylation sites is 1. The van der Waals surface area contributed by atoms with Gasteiger partial charge in [0.2, 0.25) is 0 Å². The zero-order chi connectivity index (χ0) is 13.6. The minimum Gasteiger partial charge on any atom is -0.490 e. The summed E-state index contributed by atoms with van der Waals surface area (Å²) < 4.78 is 11.9. The molecule has 20 heavy (non-hydrogen) atoms. The van der Waals surface area contributed by atoms with Crippen LogP contribution in [0, 0.1) is 18.4 Å². The topological polar surface area (TPSA) is 18.5 Å². The van der Waals surface area contributed by atoms with Crippen LogP contribution in [0.3, 0.4) is 0 Å². The van der Waals surface area contributed by atoms with Gasteiger partial charge in [-0.25, -0.2) is 0 Å². The van der Waals surface area contributed by atoms with Gasteiger partial charge < -0.3 is 9.47 Å². The molecule has 0 N–H and O–H groups in total. The highest BCUT2D eigenvalue weighted by Crippen LogP contribution is 2.31. The van der Waals surface area contributed by atoms with Gasteiger partial charge in [0.25, 0.3) is 0 Å². The van der Waals surface area contributed by atoms with Gasteiger partial charge in [0.1, 0.15) is 5.75 Å². The molecule has 2 aliphatic rings. The average molecular weight is 272 g/mol. The SMILES string of the molecule is [c]1ccccc1OC1CCC(CCOC2C[CH]CC2)C1. The highest BCUT2D eigenvalue weighted by molar-refractivity contribution is 5.19. The summed E-state index contributed by atoms with van der Waals surface area (Å²) in [6, 6.07) is 11.0. The van der Waals surface area contributed by atoms with E-state index in [1.165, 1.54) is 38.5 Å². The minimum atomic E-state index is 0.374. The van der Waals surface area contributed by atoms with Crippen LogP contribution in [-0.4, -0.2) is 18.8 Å². The largest absolute Gasteiger partial charge is 0.490 e. The molecule has 0 aromatic heterocycles. The summed E-state index contributed by atoms with van der Waals surface area (Å²) in [6.07, 6.45) is 11.6. The lowest BCUT2D eigenvalue weighted by Gasteiger charge is -2.15. The molecule has 0 bridgehead atoms. The first-order chi connectivity index (χ1) is 9.90. The van der Waals surface area contributed by atoms with Crippen LogP contribution in [-0.2, 0) is 4.74 Å². The molecular formula is C18H24O2. The fourth-order valence-corrected chi connectivity index (χ4v) is 3.31. The first-order valence-electron chi connectivity index (χ1n) is 7.97. The Morgan fingerprint density at radius 1 is 1.15 bits per heavy atom. The van der Waals surface area contributed by atoms with Crippen molar-refractivity contribution in [2.75, 3.05) is 6.61 Å². The number of rotatable bonds is 6.